The summed E-state index contributed by atoms with van der Waals surface area (Å²) in [5.74, 6) is -0.139. The lowest BCUT2D eigenvalue weighted by Gasteiger charge is -2.08. The summed E-state index contributed by atoms with van der Waals surface area (Å²) in [7, 11) is 0. The molecule has 3 rings (SSSR count). The van der Waals surface area contributed by atoms with Crippen molar-refractivity contribution in [3.8, 4) is 0 Å². The summed E-state index contributed by atoms with van der Waals surface area (Å²) in [5.41, 5.74) is 2.30. The molecule has 0 aliphatic carbocycles. The molecule has 1 amide bonds. The van der Waals surface area contributed by atoms with Crippen LogP contribution in [0.3, 0.4) is 0 Å². The van der Waals surface area contributed by atoms with E-state index in [1.807, 2.05) is 48.7 Å². The third-order valence-electron chi connectivity index (χ3n) is 2.99. The number of fused-ring (bicyclic) bond motifs is 1. The van der Waals surface area contributed by atoms with E-state index in [1.54, 1.807) is 0 Å². The maximum Gasteiger partial charge on any atom is 0.255 e. The number of benzene rings is 2. The van der Waals surface area contributed by atoms with Gasteiger partial charge in [0.25, 0.3) is 5.91 Å². The van der Waals surface area contributed by atoms with Crippen molar-refractivity contribution in [2.75, 3.05) is 5.32 Å². The zero-order valence-corrected chi connectivity index (χ0v) is 13.5. The Kier molecular flexibility index (Phi) is 3.63. The highest BCUT2D eigenvalue weighted by atomic mass is 79.9. The van der Waals surface area contributed by atoms with E-state index in [2.05, 4.69) is 42.2 Å². The lowest BCUT2D eigenvalue weighted by atomic mass is 10.1. The Morgan fingerprint density at radius 2 is 1.90 bits per heavy atom. The number of H-pyrrole nitrogens is 1. The lowest BCUT2D eigenvalue weighted by molar-refractivity contribution is 0.102. The molecule has 1 heterocycles. The molecule has 2 N–H and O–H groups in total. The Labute approximate surface area is 132 Å². The van der Waals surface area contributed by atoms with Crippen LogP contribution in [0, 0.1) is 0 Å². The molecule has 0 radical (unpaired) electrons. The molecule has 2 aromatic carbocycles. The number of hydrogen-bond acceptors (Lipinski definition) is 1. The van der Waals surface area contributed by atoms with Crippen molar-refractivity contribution in [1.82, 2.24) is 4.98 Å². The molecular weight excluding hydrogens is 384 g/mol. The van der Waals surface area contributed by atoms with Crippen molar-refractivity contribution in [3.63, 3.8) is 0 Å². The lowest BCUT2D eigenvalue weighted by Crippen LogP contribution is -2.12. The fourth-order valence-electron chi connectivity index (χ4n) is 1.98. The van der Waals surface area contributed by atoms with Crippen LogP contribution < -0.4 is 5.32 Å². The van der Waals surface area contributed by atoms with E-state index in [0.29, 0.717) is 5.56 Å². The van der Waals surface area contributed by atoms with Crippen molar-refractivity contribution in [2.45, 2.75) is 0 Å². The van der Waals surface area contributed by atoms with E-state index in [-0.39, 0.29) is 5.91 Å². The number of aromatic nitrogens is 1. The summed E-state index contributed by atoms with van der Waals surface area (Å²) < 4.78 is 1.76. The summed E-state index contributed by atoms with van der Waals surface area (Å²) in [6.07, 6.45) is 1.86. The van der Waals surface area contributed by atoms with Gasteiger partial charge in [-0.1, -0.05) is 22.0 Å². The van der Waals surface area contributed by atoms with Gasteiger partial charge in [0.1, 0.15) is 0 Å². The average molecular weight is 394 g/mol. The predicted molar refractivity (Wildman–Crippen MR) is 88.1 cm³/mol. The number of hydrogen-bond donors (Lipinski definition) is 2. The Balaban J connectivity index is 1.90. The smallest absolute Gasteiger partial charge is 0.255 e. The van der Waals surface area contributed by atoms with E-state index in [0.717, 1.165) is 25.5 Å². The quantitative estimate of drug-likeness (QED) is 0.635. The fraction of sp³-hybridized carbons (Fsp3) is 0. The molecule has 5 heteroatoms. The van der Waals surface area contributed by atoms with Gasteiger partial charge >= 0.3 is 0 Å². The third kappa shape index (κ3) is 2.64. The van der Waals surface area contributed by atoms with Crippen molar-refractivity contribution in [3.05, 3.63) is 63.2 Å². The highest BCUT2D eigenvalue weighted by molar-refractivity contribution is 9.11. The normalized spacial score (nSPS) is 10.7. The first kappa shape index (κ1) is 13.4. The monoisotopic (exact) mass is 392 g/mol. The van der Waals surface area contributed by atoms with Gasteiger partial charge in [-0.2, -0.15) is 0 Å². The zero-order valence-electron chi connectivity index (χ0n) is 10.3. The molecule has 1 aromatic heterocycles. The second kappa shape index (κ2) is 5.42. The van der Waals surface area contributed by atoms with Crippen LogP contribution >= 0.6 is 31.9 Å². The summed E-state index contributed by atoms with van der Waals surface area (Å²) in [6.45, 7) is 0. The molecule has 20 heavy (non-hydrogen) atoms. The molecule has 100 valence electrons. The van der Waals surface area contributed by atoms with E-state index in [4.69, 9.17) is 0 Å². The van der Waals surface area contributed by atoms with Gasteiger partial charge in [-0.05, 0) is 57.7 Å². The van der Waals surface area contributed by atoms with Gasteiger partial charge in [0.05, 0.1) is 5.69 Å². The van der Waals surface area contributed by atoms with Gasteiger partial charge in [0.15, 0.2) is 0 Å². The predicted octanol–water partition coefficient (Wildman–Crippen LogP) is 4.95. The molecule has 0 saturated carbocycles. The Morgan fingerprint density at radius 1 is 1.05 bits per heavy atom. The number of nitrogens with one attached hydrogen (secondary N) is 2. The third-order valence-corrected chi connectivity index (χ3v) is 4.18. The summed E-state index contributed by atoms with van der Waals surface area (Å²) in [5, 5.41) is 3.98. The van der Waals surface area contributed by atoms with Gasteiger partial charge in [-0.3, -0.25) is 4.79 Å². The van der Waals surface area contributed by atoms with Crippen LogP contribution in [0.25, 0.3) is 10.9 Å². The molecule has 0 unspecified atom stereocenters. The Morgan fingerprint density at radius 3 is 2.75 bits per heavy atom. The van der Waals surface area contributed by atoms with Crippen LogP contribution in [-0.4, -0.2) is 10.9 Å². The Bertz CT molecular complexity index is 795. The molecule has 0 fully saturated rings. The van der Waals surface area contributed by atoms with Crippen molar-refractivity contribution in [1.29, 1.82) is 0 Å². The summed E-state index contributed by atoms with van der Waals surface area (Å²) in [4.78, 5) is 15.4. The largest absolute Gasteiger partial charge is 0.361 e. The number of anilines is 1. The Hall–Kier alpha value is -1.59. The van der Waals surface area contributed by atoms with Crippen molar-refractivity contribution < 1.29 is 4.79 Å². The standard InChI is InChI=1S/C15H10Br2N2O/c16-11-3-4-12(17)14(8-11)19-15(20)10-2-1-9-5-6-18-13(9)7-10/h1-8,18H,(H,19,20). The van der Waals surface area contributed by atoms with Crippen LogP contribution in [0.2, 0.25) is 0 Å². The number of carbonyl (C=O) groups is 1. The molecule has 0 aliphatic rings. The van der Waals surface area contributed by atoms with Crippen LogP contribution in [0.1, 0.15) is 10.4 Å². The highest BCUT2D eigenvalue weighted by Gasteiger charge is 2.09. The topological polar surface area (TPSA) is 44.9 Å². The molecule has 0 spiro atoms. The van der Waals surface area contributed by atoms with Crippen LogP contribution in [0.5, 0.6) is 0 Å². The van der Waals surface area contributed by atoms with E-state index >= 15 is 0 Å². The van der Waals surface area contributed by atoms with Gasteiger partial charge in [0, 0.05) is 26.2 Å². The maximum absolute atomic E-state index is 12.3. The van der Waals surface area contributed by atoms with Gasteiger partial charge in [0.2, 0.25) is 0 Å². The number of halogens is 2. The molecule has 3 aromatic rings. The second-order valence-corrected chi connectivity index (χ2v) is 6.13. The van der Waals surface area contributed by atoms with Gasteiger partial charge < -0.3 is 10.3 Å². The first-order valence-electron chi connectivity index (χ1n) is 5.97. The van der Waals surface area contributed by atoms with Crippen LogP contribution in [0.15, 0.2) is 57.6 Å². The SMILES string of the molecule is O=C(Nc1cc(Br)ccc1Br)c1ccc2cc[nH]c2c1. The van der Waals surface area contributed by atoms with E-state index in [9.17, 15) is 4.79 Å². The number of amides is 1. The second-order valence-electron chi connectivity index (χ2n) is 4.36. The fourth-order valence-corrected chi connectivity index (χ4v) is 2.68. The number of aromatic amines is 1. The molecule has 0 bridgehead atoms. The molecule has 0 aliphatic heterocycles. The number of rotatable bonds is 2. The molecule has 3 nitrogen and oxygen atoms in total. The maximum atomic E-state index is 12.3. The number of carbonyl (C=O) groups excluding carboxylic acids is 1. The molecule has 0 atom stereocenters. The molecular formula is C15H10Br2N2O. The minimum atomic E-state index is -0.139. The first-order chi connectivity index (χ1) is 9.63. The highest BCUT2D eigenvalue weighted by Crippen LogP contribution is 2.26. The molecule has 0 saturated heterocycles. The minimum absolute atomic E-state index is 0.139. The van der Waals surface area contributed by atoms with E-state index in [1.165, 1.54) is 0 Å². The van der Waals surface area contributed by atoms with Crippen LogP contribution in [-0.2, 0) is 0 Å². The minimum Gasteiger partial charge on any atom is -0.361 e. The summed E-state index contributed by atoms with van der Waals surface area (Å²) in [6, 6.07) is 13.2. The van der Waals surface area contributed by atoms with E-state index < -0.39 is 0 Å². The van der Waals surface area contributed by atoms with Gasteiger partial charge in [-0.15, -0.1) is 0 Å². The zero-order chi connectivity index (χ0) is 14.1. The van der Waals surface area contributed by atoms with Crippen LogP contribution in [0.4, 0.5) is 5.69 Å². The van der Waals surface area contributed by atoms with Crippen molar-refractivity contribution >= 4 is 54.4 Å². The van der Waals surface area contributed by atoms with Crippen molar-refractivity contribution in [2.24, 2.45) is 0 Å². The summed E-state index contributed by atoms with van der Waals surface area (Å²) >= 11 is 6.82. The average Bonchev–Trinajstić information content (AvgIpc) is 2.90. The first-order valence-corrected chi connectivity index (χ1v) is 7.55. The van der Waals surface area contributed by atoms with Gasteiger partial charge in [-0.25, -0.2) is 0 Å².